The molecule has 3 saturated heterocycles. The van der Waals surface area contributed by atoms with Gasteiger partial charge in [0.2, 0.25) is 0 Å². The molecule has 0 aliphatic carbocycles. The van der Waals surface area contributed by atoms with Crippen LogP contribution in [0.2, 0.25) is 0 Å². The van der Waals surface area contributed by atoms with Gasteiger partial charge in [-0.2, -0.15) is 0 Å². The lowest BCUT2D eigenvalue weighted by atomic mass is 10.0. The number of benzene rings is 2. The molecular formula is C32H31FN2O7. The lowest BCUT2D eigenvalue weighted by Crippen LogP contribution is -2.35. The van der Waals surface area contributed by atoms with E-state index in [0.29, 0.717) is 34.6 Å². The number of aromatic nitrogens is 2. The van der Waals surface area contributed by atoms with E-state index in [0.717, 1.165) is 30.4 Å². The first-order valence-electron chi connectivity index (χ1n) is 14.2. The average Bonchev–Trinajstić information content (AvgIpc) is 3.71. The molecular weight excluding hydrogens is 543 g/mol. The van der Waals surface area contributed by atoms with Crippen LogP contribution < -0.4 is 4.74 Å². The first kappa shape index (κ1) is 27.0. The molecule has 5 heterocycles. The Hall–Kier alpha value is -3.83. The van der Waals surface area contributed by atoms with Crippen LogP contribution in [0.15, 0.2) is 60.7 Å². The highest BCUT2D eigenvalue weighted by Crippen LogP contribution is 2.38. The van der Waals surface area contributed by atoms with E-state index in [4.69, 9.17) is 28.7 Å². The van der Waals surface area contributed by atoms with Gasteiger partial charge in [-0.05, 0) is 42.5 Å². The molecule has 0 bridgehead atoms. The zero-order valence-electron chi connectivity index (χ0n) is 23.1. The maximum atomic E-state index is 15.7. The van der Waals surface area contributed by atoms with Gasteiger partial charge in [-0.25, -0.2) is 14.2 Å². The number of hydrogen-bond acceptors (Lipinski definition) is 8. The molecule has 2 aromatic carbocycles. The molecule has 218 valence electrons. The van der Waals surface area contributed by atoms with Gasteiger partial charge < -0.3 is 28.8 Å². The van der Waals surface area contributed by atoms with Crippen molar-refractivity contribution in [2.75, 3.05) is 26.9 Å². The molecule has 2 aromatic heterocycles. The summed E-state index contributed by atoms with van der Waals surface area (Å²) in [6.45, 7) is 1.10. The third-order valence-electron chi connectivity index (χ3n) is 8.24. The molecule has 2 unspecified atom stereocenters. The Morgan fingerprint density at radius 1 is 0.952 bits per heavy atom. The zero-order valence-corrected chi connectivity index (χ0v) is 23.1. The van der Waals surface area contributed by atoms with Gasteiger partial charge in [0, 0.05) is 24.3 Å². The molecule has 1 N–H and O–H groups in total. The molecule has 10 heteroatoms. The SMILES string of the molecule is COC(=O)c1ccc(-c2ccc(-c3nc4cc(O[C@@H]5COC6[C@H](O)CO[C@@H]65)n(C5CCCCO5)c4cc3F)cc2)cc1. The monoisotopic (exact) mass is 574 g/mol. The summed E-state index contributed by atoms with van der Waals surface area (Å²) in [6, 6.07) is 17.9. The van der Waals surface area contributed by atoms with Gasteiger partial charge in [-0.15, -0.1) is 0 Å². The van der Waals surface area contributed by atoms with Crippen molar-refractivity contribution in [3.05, 3.63) is 72.0 Å². The summed E-state index contributed by atoms with van der Waals surface area (Å²) in [6.07, 6.45) is 0.522. The number of pyridine rings is 1. The van der Waals surface area contributed by atoms with E-state index in [1.807, 2.05) is 47.0 Å². The van der Waals surface area contributed by atoms with Gasteiger partial charge in [-0.1, -0.05) is 36.4 Å². The number of ether oxygens (including phenoxy) is 5. The van der Waals surface area contributed by atoms with Crippen molar-refractivity contribution >= 4 is 17.0 Å². The lowest BCUT2D eigenvalue weighted by molar-refractivity contribution is -0.0392. The molecule has 4 aromatic rings. The van der Waals surface area contributed by atoms with E-state index in [1.165, 1.54) is 13.2 Å². The molecule has 9 nitrogen and oxygen atoms in total. The van der Waals surface area contributed by atoms with Crippen molar-refractivity contribution < 1.29 is 38.0 Å². The summed E-state index contributed by atoms with van der Waals surface area (Å²) in [4.78, 5) is 16.5. The largest absolute Gasteiger partial charge is 0.470 e. The second kappa shape index (κ2) is 11.1. The topological polar surface area (TPSA) is 101 Å². The second-order valence-electron chi connectivity index (χ2n) is 10.9. The van der Waals surface area contributed by atoms with E-state index in [9.17, 15) is 9.90 Å². The number of methoxy groups -OCH3 is 1. The predicted molar refractivity (Wildman–Crippen MR) is 151 cm³/mol. The zero-order chi connectivity index (χ0) is 28.8. The van der Waals surface area contributed by atoms with E-state index < -0.39 is 30.1 Å². The van der Waals surface area contributed by atoms with Crippen molar-refractivity contribution in [1.82, 2.24) is 9.55 Å². The molecule has 0 spiro atoms. The summed E-state index contributed by atoms with van der Waals surface area (Å²) < 4.78 is 46.4. The van der Waals surface area contributed by atoms with Gasteiger partial charge in [0.25, 0.3) is 0 Å². The number of nitrogens with zero attached hydrogens (tertiary/aromatic N) is 2. The lowest BCUT2D eigenvalue weighted by Gasteiger charge is -2.27. The molecule has 3 aliphatic heterocycles. The molecule has 0 radical (unpaired) electrons. The number of carbonyl (C=O) groups excluding carboxylic acids is 1. The minimum absolute atomic E-state index is 0.206. The van der Waals surface area contributed by atoms with E-state index >= 15 is 4.39 Å². The molecule has 5 atom stereocenters. The van der Waals surface area contributed by atoms with Crippen LogP contribution in [0.1, 0.15) is 35.8 Å². The van der Waals surface area contributed by atoms with Gasteiger partial charge in [-0.3, -0.25) is 4.57 Å². The summed E-state index contributed by atoms with van der Waals surface area (Å²) in [7, 11) is 1.35. The number of carbonyl (C=O) groups is 1. The number of aliphatic hydroxyl groups is 1. The fourth-order valence-electron chi connectivity index (χ4n) is 6.05. The standard InChI is InChI=1S/C32H31FN2O7/c1-38-32(37)21-11-7-19(8-12-21)18-5-9-20(10-6-18)29-22(33)14-24-23(34-29)15-28(35(24)27-4-2-3-13-39-27)42-26-17-41-30-25(36)16-40-31(26)30/h5-12,14-15,25-27,30-31,36H,2-4,13,16-17H2,1H3/t25-,26-,27?,30?,31-/m1/s1. The molecule has 7 rings (SSSR count). The van der Waals surface area contributed by atoms with Crippen LogP contribution in [0.5, 0.6) is 5.88 Å². The third-order valence-corrected chi connectivity index (χ3v) is 8.24. The summed E-state index contributed by atoms with van der Waals surface area (Å²) in [5, 5.41) is 10.1. The number of rotatable bonds is 6. The Balaban J connectivity index is 1.21. The van der Waals surface area contributed by atoms with Crippen LogP contribution in [0, 0.1) is 5.82 Å². The van der Waals surface area contributed by atoms with Crippen molar-refractivity contribution in [2.24, 2.45) is 0 Å². The number of hydrogen-bond donors (Lipinski definition) is 1. The number of aliphatic hydroxyl groups excluding tert-OH is 1. The summed E-state index contributed by atoms with van der Waals surface area (Å²) in [5.41, 5.74) is 4.35. The smallest absolute Gasteiger partial charge is 0.337 e. The number of fused-ring (bicyclic) bond motifs is 2. The van der Waals surface area contributed by atoms with Crippen LogP contribution in [0.3, 0.4) is 0 Å². The molecule has 3 fully saturated rings. The van der Waals surface area contributed by atoms with E-state index in [1.54, 1.807) is 12.1 Å². The van der Waals surface area contributed by atoms with Crippen molar-refractivity contribution in [2.45, 2.75) is 49.9 Å². The van der Waals surface area contributed by atoms with Gasteiger partial charge in [0.05, 0.1) is 36.9 Å². The number of halogens is 1. The normalized spacial score (nSPS) is 25.5. The van der Waals surface area contributed by atoms with Crippen molar-refractivity contribution in [3.63, 3.8) is 0 Å². The van der Waals surface area contributed by atoms with Crippen LogP contribution in [-0.2, 0) is 18.9 Å². The highest BCUT2D eigenvalue weighted by atomic mass is 19.1. The van der Waals surface area contributed by atoms with E-state index in [-0.39, 0.29) is 31.2 Å². The van der Waals surface area contributed by atoms with Gasteiger partial charge in [0.15, 0.2) is 17.8 Å². The maximum absolute atomic E-state index is 15.7. The van der Waals surface area contributed by atoms with E-state index in [2.05, 4.69) is 0 Å². The van der Waals surface area contributed by atoms with Crippen molar-refractivity contribution in [3.8, 4) is 28.3 Å². The minimum atomic E-state index is -0.680. The molecule has 0 amide bonds. The van der Waals surface area contributed by atoms with Crippen LogP contribution in [-0.4, -0.2) is 72.0 Å². The Kier molecular flexibility index (Phi) is 7.15. The molecule has 0 saturated carbocycles. The van der Waals surface area contributed by atoms with Gasteiger partial charge in [0.1, 0.15) is 30.2 Å². The highest BCUT2D eigenvalue weighted by molar-refractivity contribution is 5.90. The first-order chi connectivity index (χ1) is 20.5. The molecule has 42 heavy (non-hydrogen) atoms. The van der Waals surface area contributed by atoms with Gasteiger partial charge >= 0.3 is 5.97 Å². The summed E-state index contributed by atoms with van der Waals surface area (Å²) in [5.74, 6) is -0.338. The fraction of sp³-hybridized carbons (Fsp3) is 0.375. The first-order valence-corrected chi connectivity index (χ1v) is 14.2. The Morgan fingerprint density at radius 2 is 1.67 bits per heavy atom. The molecule has 3 aliphatic rings. The van der Waals surface area contributed by atoms with Crippen LogP contribution in [0.25, 0.3) is 33.4 Å². The number of esters is 1. The second-order valence-corrected chi connectivity index (χ2v) is 10.9. The van der Waals surface area contributed by atoms with Crippen molar-refractivity contribution in [1.29, 1.82) is 0 Å². The summed E-state index contributed by atoms with van der Waals surface area (Å²) >= 11 is 0. The fourth-order valence-corrected chi connectivity index (χ4v) is 6.05. The quantitative estimate of drug-likeness (QED) is 0.325. The third kappa shape index (κ3) is 4.84. The highest BCUT2D eigenvalue weighted by Gasteiger charge is 2.48. The predicted octanol–water partition coefficient (Wildman–Crippen LogP) is 4.90. The Morgan fingerprint density at radius 3 is 2.38 bits per heavy atom. The Labute approximate surface area is 241 Å². The minimum Gasteiger partial charge on any atom is -0.470 e. The maximum Gasteiger partial charge on any atom is 0.337 e. The van der Waals surface area contributed by atoms with Crippen LogP contribution >= 0.6 is 0 Å². The van der Waals surface area contributed by atoms with Crippen LogP contribution in [0.4, 0.5) is 4.39 Å². The average molecular weight is 575 g/mol. The Bertz CT molecular complexity index is 1600.